The van der Waals surface area contributed by atoms with Crippen molar-refractivity contribution in [2.45, 2.75) is 20.3 Å². The molecule has 3 aromatic rings. The molecule has 1 heterocycles. The van der Waals surface area contributed by atoms with Crippen molar-refractivity contribution >= 4 is 23.1 Å². The van der Waals surface area contributed by atoms with E-state index in [0.29, 0.717) is 16.9 Å². The van der Waals surface area contributed by atoms with Gasteiger partial charge in [0.05, 0.1) is 17.2 Å². The number of hydrogen-bond acceptors (Lipinski definition) is 4. The number of benzene rings is 2. The zero-order valence-electron chi connectivity index (χ0n) is 15.3. The van der Waals surface area contributed by atoms with Crippen LogP contribution in [0.4, 0.5) is 17.2 Å². The van der Waals surface area contributed by atoms with Gasteiger partial charge in [-0.1, -0.05) is 31.2 Å². The average Bonchev–Trinajstić information content (AvgIpc) is 2.70. The van der Waals surface area contributed by atoms with E-state index in [1.165, 1.54) is 6.20 Å². The molecule has 0 atom stereocenters. The van der Waals surface area contributed by atoms with Crippen LogP contribution in [0.1, 0.15) is 34.0 Å². The third-order valence-corrected chi connectivity index (χ3v) is 4.27. The number of aromatic nitrogens is 1. The first-order valence-corrected chi connectivity index (χ1v) is 8.73. The Bertz CT molecular complexity index is 1000. The summed E-state index contributed by atoms with van der Waals surface area (Å²) in [7, 11) is 0. The molecule has 2 N–H and O–H groups in total. The minimum Gasteiger partial charge on any atom is -0.340 e. The maximum atomic E-state index is 12.6. The van der Waals surface area contributed by atoms with Crippen molar-refractivity contribution in [2.24, 2.45) is 0 Å². The molecule has 0 aliphatic heterocycles. The highest BCUT2D eigenvalue weighted by Crippen LogP contribution is 2.22. The van der Waals surface area contributed by atoms with Crippen LogP contribution in [0.25, 0.3) is 0 Å². The molecular formula is C22H20N4O. The Balaban J connectivity index is 1.73. The summed E-state index contributed by atoms with van der Waals surface area (Å²) in [5.74, 6) is 0.413. The van der Waals surface area contributed by atoms with Gasteiger partial charge < -0.3 is 10.6 Å². The molecule has 0 saturated heterocycles. The summed E-state index contributed by atoms with van der Waals surface area (Å²) in [6, 6.07) is 18.7. The Morgan fingerprint density at radius 1 is 1.15 bits per heavy atom. The Morgan fingerprint density at radius 2 is 1.96 bits per heavy atom. The second-order valence-corrected chi connectivity index (χ2v) is 6.17. The first-order chi connectivity index (χ1) is 13.1. The number of rotatable bonds is 5. The normalized spacial score (nSPS) is 10.1. The highest BCUT2D eigenvalue weighted by molar-refractivity contribution is 6.05. The molecule has 0 bridgehead atoms. The molecule has 0 unspecified atom stereocenters. The number of nitriles is 1. The molecular weight excluding hydrogens is 336 g/mol. The Morgan fingerprint density at radius 3 is 2.67 bits per heavy atom. The molecule has 2 aromatic carbocycles. The zero-order chi connectivity index (χ0) is 19.2. The molecule has 0 saturated carbocycles. The van der Waals surface area contributed by atoms with E-state index in [0.717, 1.165) is 28.9 Å². The predicted octanol–water partition coefficient (Wildman–Crippen LogP) is 4.82. The fourth-order valence-corrected chi connectivity index (χ4v) is 2.80. The van der Waals surface area contributed by atoms with Gasteiger partial charge in [0.25, 0.3) is 5.91 Å². The smallest absolute Gasteiger partial charge is 0.257 e. The lowest BCUT2D eigenvalue weighted by Crippen LogP contribution is -2.14. The molecule has 1 amide bonds. The maximum absolute atomic E-state index is 12.6. The third kappa shape index (κ3) is 4.31. The van der Waals surface area contributed by atoms with Crippen LogP contribution in [0.2, 0.25) is 0 Å². The topological polar surface area (TPSA) is 77.8 Å². The number of carbonyl (C=O) groups is 1. The number of pyridine rings is 1. The number of nitrogens with one attached hydrogen (secondary N) is 2. The monoisotopic (exact) mass is 356 g/mol. The minimum atomic E-state index is -0.190. The highest BCUT2D eigenvalue weighted by atomic mass is 16.1. The van der Waals surface area contributed by atoms with Crippen molar-refractivity contribution in [3.8, 4) is 6.07 Å². The van der Waals surface area contributed by atoms with Crippen LogP contribution in [0.5, 0.6) is 0 Å². The van der Waals surface area contributed by atoms with E-state index < -0.39 is 0 Å². The number of aryl methyl sites for hydroxylation is 2. The van der Waals surface area contributed by atoms with Crippen molar-refractivity contribution < 1.29 is 4.79 Å². The maximum Gasteiger partial charge on any atom is 0.257 e. The Labute approximate surface area is 158 Å². The van der Waals surface area contributed by atoms with Gasteiger partial charge in [0.2, 0.25) is 0 Å². The number of anilines is 3. The lowest BCUT2D eigenvalue weighted by Gasteiger charge is -2.13. The van der Waals surface area contributed by atoms with Gasteiger partial charge in [-0.3, -0.25) is 4.79 Å². The van der Waals surface area contributed by atoms with Gasteiger partial charge in [-0.25, -0.2) is 4.98 Å². The van der Waals surface area contributed by atoms with Gasteiger partial charge in [-0.05, 0) is 54.8 Å². The van der Waals surface area contributed by atoms with Gasteiger partial charge in [0.1, 0.15) is 5.82 Å². The summed E-state index contributed by atoms with van der Waals surface area (Å²) in [6.07, 6.45) is 2.38. The van der Waals surface area contributed by atoms with E-state index in [9.17, 15) is 4.79 Å². The van der Waals surface area contributed by atoms with Crippen LogP contribution >= 0.6 is 0 Å². The molecule has 0 radical (unpaired) electrons. The molecule has 27 heavy (non-hydrogen) atoms. The lowest BCUT2D eigenvalue weighted by molar-refractivity contribution is 0.102. The number of carbonyl (C=O) groups excluding carboxylic acids is 1. The summed E-state index contributed by atoms with van der Waals surface area (Å²) in [6.45, 7) is 4.04. The van der Waals surface area contributed by atoms with Crippen molar-refractivity contribution in [1.82, 2.24) is 4.98 Å². The first-order valence-electron chi connectivity index (χ1n) is 8.73. The van der Waals surface area contributed by atoms with Crippen LogP contribution in [0.15, 0.2) is 60.8 Å². The quantitative estimate of drug-likeness (QED) is 0.687. The number of nitrogens with zero attached hydrogens (tertiary/aromatic N) is 2. The number of para-hydroxylation sites is 1. The average molecular weight is 356 g/mol. The Hall–Kier alpha value is -3.65. The molecule has 0 aliphatic carbocycles. The van der Waals surface area contributed by atoms with Gasteiger partial charge in [0.15, 0.2) is 0 Å². The van der Waals surface area contributed by atoms with Crippen molar-refractivity contribution in [3.63, 3.8) is 0 Å². The molecule has 0 spiro atoms. The largest absolute Gasteiger partial charge is 0.340 e. The summed E-state index contributed by atoms with van der Waals surface area (Å²) >= 11 is 0. The van der Waals surface area contributed by atoms with Gasteiger partial charge in [-0.15, -0.1) is 0 Å². The molecule has 1 aromatic heterocycles. The standard InChI is InChI=1S/C22H20N4O/c1-3-17-8-4-6-15(2)21(17)26-22(27)18-10-11-20(24-14-18)25-19-9-5-7-16(12-19)13-23/h4-12,14H,3H2,1-2H3,(H,24,25)(H,26,27). The van der Waals surface area contributed by atoms with E-state index >= 15 is 0 Å². The van der Waals surface area contributed by atoms with E-state index in [4.69, 9.17) is 5.26 Å². The van der Waals surface area contributed by atoms with Gasteiger partial charge >= 0.3 is 0 Å². The van der Waals surface area contributed by atoms with E-state index in [1.54, 1.807) is 30.3 Å². The summed E-state index contributed by atoms with van der Waals surface area (Å²) in [5.41, 5.74) is 4.82. The van der Waals surface area contributed by atoms with E-state index in [2.05, 4.69) is 28.6 Å². The zero-order valence-corrected chi connectivity index (χ0v) is 15.3. The van der Waals surface area contributed by atoms with E-state index in [1.807, 2.05) is 31.2 Å². The van der Waals surface area contributed by atoms with Crippen LogP contribution in [0, 0.1) is 18.3 Å². The molecule has 5 nitrogen and oxygen atoms in total. The van der Waals surface area contributed by atoms with Crippen molar-refractivity contribution in [1.29, 1.82) is 5.26 Å². The molecule has 5 heteroatoms. The fraction of sp³-hybridized carbons (Fsp3) is 0.136. The predicted molar refractivity (Wildman–Crippen MR) is 107 cm³/mol. The van der Waals surface area contributed by atoms with Crippen LogP contribution in [0.3, 0.4) is 0 Å². The summed E-state index contributed by atoms with van der Waals surface area (Å²) in [4.78, 5) is 16.9. The van der Waals surface area contributed by atoms with Gasteiger partial charge in [-0.2, -0.15) is 5.26 Å². The lowest BCUT2D eigenvalue weighted by atomic mass is 10.1. The summed E-state index contributed by atoms with van der Waals surface area (Å²) in [5, 5.41) is 15.1. The van der Waals surface area contributed by atoms with Crippen LogP contribution in [-0.2, 0) is 6.42 Å². The van der Waals surface area contributed by atoms with Gasteiger partial charge in [0, 0.05) is 17.6 Å². The highest BCUT2D eigenvalue weighted by Gasteiger charge is 2.11. The SMILES string of the molecule is CCc1cccc(C)c1NC(=O)c1ccc(Nc2cccc(C#N)c2)nc1. The molecule has 3 rings (SSSR count). The van der Waals surface area contributed by atoms with Crippen molar-refractivity contribution in [2.75, 3.05) is 10.6 Å². The van der Waals surface area contributed by atoms with E-state index in [-0.39, 0.29) is 5.91 Å². The molecule has 0 fully saturated rings. The van der Waals surface area contributed by atoms with Crippen LogP contribution in [-0.4, -0.2) is 10.9 Å². The molecule has 134 valence electrons. The fourth-order valence-electron chi connectivity index (χ4n) is 2.80. The third-order valence-electron chi connectivity index (χ3n) is 4.27. The summed E-state index contributed by atoms with van der Waals surface area (Å²) < 4.78 is 0. The minimum absolute atomic E-state index is 0.190. The second-order valence-electron chi connectivity index (χ2n) is 6.17. The van der Waals surface area contributed by atoms with Crippen molar-refractivity contribution in [3.05, 3.63) is 83.0 Å². The van der Waals surface area contributed by atoms with Crippen LogP contribution < -0.4 is 10.6 Å². The number of hydrogen-bond donors (Lipinski definition) is 2. The number of amides is 1. The second kappa shape index (κ2) is 8.15. The first kappa shape index (κ1) is 18.2. The molecule has 0 aliphatic rings. The Kier molecular flexibility index (Phi) is 5.48.